The van der Waals surface area contributed by atoms with Crippen LogP contribution in [0, 0.1) is 17.0 Å². The van der Waals surface area contributed by atoms with Crippen molar-refractivity contribution in [2.45, 2.75) is 6.92 Å². The van der Waals surface area contributed by atoms with E-state index in [1.165, 1.54) is 12.1 Å². The van der Waals surface area contributed by atoms with Gasteiger partial charge in [0.05, 0.1) is 4.92 Å². The Kier molecular flexibility index (Phi) is 3.56. The summed E-state index contributed by atoms with van der Waals surface area (Å²) in [6.45, 7) is 1.75. The molecule has 8 heteroatoms. The molecule has 0 fully saturated rings. The fourth-order valence-electron chi connectivity index (χ4n) is 1.51. The van der Waals surface area contributed by atoms with Crippen LogP contribution < -0.4 is 0 Å². The van der Waals surface area contributed by atoms with Gasteiger partial charge in [0.2, 0.25) is 11.8 Å². The van der Waals surface area contributed by atoms with Crippen molar-refractivity contribution in [3.8, 4) is 11.5 Å². The van der Waals surface area contributed by atoms with E-state index in [0.717, 1.165) is 17.7 Å². The highest BCUT2D eigenvalue weighted by Crippen LogP contribution is 2.26. The van der Waals surface area contributed by atoms with Crippen LogP contribution in [-0.4, -0.2) is 26.2 Å². The lowest BCUT2D eigenvalue weighted by Gasteiger charge is -2.00. The minimum absolute atomic E-state index is 0.00769. The fraction of sp³-hybridized carbons (Fsp3) is 0.0833. The van der Waals surface area contributed by atoms with Gasteiger partial charge in [0.15, 0.2) is 0 Å². The number of hydrogen-bond acceptors (Lipinski definition) is 6. The first-order valence-corrected chi connectivity index (χ1v) is 5.47. The first-order chi connectivity index (χ1) is 9.47. The zero-order valence-electron chi connectivity index (χ0n) is 10.3. The average molecular weight is 275 g/mol. The second-order valence-corrected chi connectivity index (χ2v) is 3.87. The first-order valence-electron chi connectivity index (χ1n) is 5.47. The van der Waals surface area contributed by atoms with Crippen molar-refractivity contribution in [2.24, 2.45) is 0 Å². The highest BCUT2D eigenvalue weighted by atomic mass is 16.6. The molecule has 0 radical (unpaired) electrons. The van der Waals surface area contributed by atoms with Gasteiger partial charge in [-0.15, -0.1) is 10.2 Å². The number of nitro groups is 1. The van der Waals surface area contributed by atoms with Gasteiger partial charge in [0.25, 0.3) is 5.69 Å². The number of aromatic nitrogens is 2. The number of carboxylic acid groups (broad SMARTS) is 1. The summed E-state index contributed by atoms with van der Waals surface area (Å²) in [7, 11) is 0. The molecular formula is C12H9N3O5. The predicted molar refractivity (Wildman–Crippen MR) is 67.8 cm³/mol. The lowest BCUT2D eigenvalue weighted by molar-refractivity contribution is -0.384. The molecule has 0 aliphatic heterocycles. The second-order valence-electron chi connectivity index (χ2n) is 3.87. The van der Waals surface area contributed by atoms with Gasteiger partial charge < -0.3 is 9.52 Å². The van der Waals surface area contributed by atoms with Crippen molar-refractivity contribution >= 4 is 17.7 Å². The van der Waals surface area contributed by atoms with E-state index in [1.807, 2.05) is 0 Å². The molecule has 0 unspecified atom stereocenters. The number of carbonyl (C=O) groups is 1. The van der Waals surface area contributed by atoms with Crippen LogP contribution in [0.2, 0.25) is 0 Å². The van der Waals surface area contributed by atoms with Gasteiger partial charge in [-0.2, -0.15) is 0 Å². The van der Waals surface area contributed by atoms with Crippen LogP contribution in [0.3, 0.4) is 0 Å². The molecule has 0 saturated heterocycles. The van der Waals surface area contributed by atoms with Crippen LogP contribution in [0.4, 0.5) is 5.69 Å². The molecule has 1 aromatic carbocycles. The maximum absolute atomic E-state index is 10.7. The molecule has 8 nitrogen and oxygen atoms in total. The molecule has 1 aromatic heterocycles. The van der Waals surface area contributed by atoms with Gasteiger partial charge in [0.1, 0.15) is 0 Å². The quantitative estimate of drug-likeness (QED) is 0.515. The number of non-ortho nitro benzene ring substituents is 1. The number of aryl methyl sites for hydroxylation is 1. The topological polar surface area (TPSA) is 119 Å². The van der Waals surface area contributed by atoms with E-state index >= 15 is 0 Å². The van der Waals surface area contributed by atoms with E-state index in [9.17, 15) is 14.9 Å². The third-order valence-electron chi connectivity index (χ3n) is 2.47. The van der Waals surface area contributed by atoms with Gasteiger partial charge in [0, 0.05) is 29.8 Å². The first kappa shape index (κ1) is 13.4. The summed E-state index contributed by atoms with van der Waals surface area (Å²) >= 11 is 0. The third kappa shape index (κ3) is 2.86. The Hall–Kier alpha value is -3.03. The van der Waals surface area contributed by atoms with Gasteiger partial charge in [-0.05, 0) is 12.5 Å². The molecule has 0 bridgehead atoms. The van der Waals surface area contributed by atoms with E-state index < -0.39 is 10.9 Å². The van der Waals surface area contributed by atoms with Crippen molar-refractivity contribution in [3.05, 3.63) is 45.8 Å². The monoisotopic (exact) mass is 275 g/mol. The molecule has 20 heavy (non-hydrogen) atoms. The van der Waals surface area contributed by atoms with E-state index in [-0.39, 0.29) is 17.5 Å². The third-order valence-corrected chi connectivity index (χ3v) is 2.47. The van der Waals surface area contributed by atoms with Crippen LogP contribution >= 0.6 is 0 Å². The SMILES string of the molecule is Cc1ccc([N+](=O)[O-])cc1-c1nnc(/C=C/C(=O)O)o1. The molecule has 0 spiro atoms. The Morgan fingerprint density at radius 3 is 2.85 bits per heavy atom. The van der Waals surface area contributed by atoms with Gasteiger partial charge >= 0.3 is 5.97 Å². The summed E-state index contributed by atoms with van der Waals surface area (Å²) in [6, 6.07) is 4.28. The molecular weight excluding hydrogens is 266 g/mol. The molecule has 2 aromatic rings. The lowest BCUT2D eigenvalue weighted by atomic mass is 10.1. The molecule has 1 N–H and O–H groups in total. The van der Waals surface area contributed by atoms with Crippen LogP contribution in [0.5, 0.6) is 0 Å². The Bertz CT molecular complexity index is 705. The fourth-order valence-corrected chi connectivity index (χ4v) is 1.51. The number of nitro benzene ring substituents is 1. The van der Waals surface area contributed by atoms with Crippen LogP contribution in [0.1, 0.15) is 11.5 Å². The molecule has 102 valence electrons. The van der Waals surface area contributed by atoms with E-state index in [1.54, 1.807) is 13.0 Å². The van der Waals surface area contributed by atoms with Crippen molar-refractivity contribution in [1.29, 1.82) is 0 Å². The molecule has 2 rings (SSSR count). The van der Waals surface area contributed by atoms with Gasteiger partial charge in [-0.3, -0.25) is 10.1 Å². The van der Waals surface area contributed by atoms with Crippen molar-refractivity contribution in [3.63, 3.8) is 0 Å². The number of aliphatic carboxylic acids is 1. The van der Waals surface area contributed by atoms with E-state index in [4.69, 9.17) is 9.52 Å². The normalized spacial score (nSPS) is 10.8. The molecule has 0 saturated carbocycles. The standard InChI is InChI=1S/C12H9N3O5/c1-7-2-3-8(15(18)19)6-9(7)12-14-13-10(20-12)4-5-11(16)17/h2-6H,1H3,(H,16,17)/b5-4+. The van der Waals surface area contributed by atoms with E-state index in [2.05, 4.69) is 10.2 Å². The Labute approximate surface area is 112 Å². The zero-order chi connectivity index (χ0) is 14.7. The van der Waals surface area contributed by atoms with E-state index in [0.29, 0.717) is 5.56 Å². The predicted octanol–water partition coefficient (Wildman–Crippen LogP) is 2.05. The maximum atomic E-state index is 10.7. The minimum Gasteiger partial charge on any atom is -0.478 e. The van der Waals surface area contributed by atoms with Crippen molar-refractivity contribution in [1.82, 2.24) is 10.2 Å². The molecule has 0 amide bonds. The number of nitrogens with zero attached hydrogens (tertiary/aromatic N) is 3. The van der Waals surface area contributed by atoms with Gasteiger partial charge in [-0.25, -0.2) is 4.79 Å². The number of hydrogen-bond donors (Lipinski definition) is 1. The Morgan fingerprint density at radius 1 is 1.45 bits per heavy atom. The molecule has 0 aliphatic carbocycles. The van der Waals surface area contributed by atoms with Crippen LogP contribution in [0.25, 0.3) is 17.5 Å². The van der Waals surface area contributed by atoms with Gasteiger partial charge in [-0.1, -0.05) is 6.07 Å². The van der Waals surface area contributed by atoms with Crippen LogP contribution in [0.15, 0.2) is 28.7 Å². The molecule has 0 atom stereocenters. The maximum Gasteiger partial charge on any atom is 0.328 e. The highest BCUT2D eigenvalue weighted by molar-refractivity contribution is 5.84. The summed E-state index contributed by atoms with van der Waals surface area (Å²) < 4.78 is 5.24. The molecule has 0 aliphatic rings. The van der Waals surface area contributed by atoms with Crippen LogP contribution in [-0.2, 0) is 4.79 Å². The highest BCUT2D eigenvalue weighted by Gasteiger charge is 2.14. The van der Waals surface area contributed by atoms with Crippen molar-refractivity contribution in [2.75, 3.05) is 0 Å². The Morgan fingerprint density at radius 2 is 2.20 bits per heavy atom. The lowest BCUT2D eigenvalue weighted by Crippen LogP contribution is -1.90. The smallest absolute Gasteiger partial charge is 0.328 e. The largest absolute Gasteiger partial charge is 0.478 e. The van der Waals surface area contributed by atoms with Crippen molar-refractivity contribution < 1.29 is 19.2 Å². The Balaban J connectivity index is 2.39. The minimum atomic E-state index is -1.14. The summed E-state index contributed by atoms with van der Waals surface area (Å²) in [5, 5.41) is 26.6. The summed E-state index contributed by atoms with van der Waals surface area (Å²) in [6.07, 6.45) is 2.00. The summed E-state index contributed by atoms with van der Waals surface area (Å²) in [5.74, 6) is -1.04. The second kappa shape index (κ2) is 5.31. The summed E-state index contributed by atoms with van der Waals surface area (Å²) in [5.41, 5.74) is 1.07. The molecule has 1 heterocycles. The number of benzene rings is 1. The zero-order valence-corrected chi connectivity index (χ0v) is 10.3. The summed E-state index contributed by atoms with van der Waals surface area (Å²) in [4.78, 5) is 20.6. The number of rotatable bonds is 4. The average Bonchev–Trinajstić information content (AvgIpc) is 2.85. The number of carboxylic acids is 1.